The van der Waals surface area contributed by atoms with E-state index in [1.165, 1.54) is 12.1 Å². The van der Waals surface area contributed by atoms with E-state index in [4.69, 9.17) is 5.73 Å². The van der Waals surface area contributed by atoms with E-state index >= 15 is 0 Å². The number of carbonyl (C=O) groups is 1. The first-order valence-electron chi connectivity index (χ1n) is 8.01. The number of rotatable bonds is 6. The van der Waals surface area contributed by atoms with Crippen molar-refractivity contribution < 1.29 is 13.2 Å². The minimum atomic E-state index is -3.56. The molecule has 0 aromatic heterocycles. The number of amides is 1. The Balaban J connectivity index is 1.89. The number of piperidine rings is 1. The minimum Gasteiger partial charge on any atom is -0.338 e. The van der Waals surface area contributed by atoms with Crippen LogP contribution in [0.3, 0.4) is 0 Å². The second kappa shape index (κ2) is 7.90. The monoisotopic (exact) mass is 339 g/mol. The Morgan fingerprint density at radius 2 is 2.04 bits per heavy atom. The minimum absolute atomic E-state index is 0.0391. The number of likely N-dealkylation sites (tertiary alicyclic amines) is 1. The van der Waals surface area contributed by atoms with Crippen molar-refractivity contribution >= 4 is 15.9 Å². The van der Waals surface area contributed by atoms with Gasteiger partial charge in [0.2, 0.25) is 15.9 Å². The zero-order valence-electron chi connectivity index (χ0n) is 13.4. The second-order valence-corrected chi connectivity index (χ2v) is 7.74. The summed E-state index contributed by atoms with van der Waals surface area (Å²) in [6.45, 7) is 2.71. The van der Waals surface area contributed by atoms with Crippen LogP contribution in [-0.2, 0) is 14.8 Å². The molecule has 1 aliphatic rings. The number of hydrogen-bond acceptors (Lipinski definition) is 4. The fraction of sp³-hybridized carbons (Fsp3) is 0.562. The molecule has 3 N–H and O–H groups in total. The molecule has 0 aliphatic carbocycles. The lowest BCUT2D eigenvalue weighted by molar-refractivity contribution is -0.135. The Hall–Kier alpha value is -1.44. The molecule has 1 aliphatic heterocycles. The molecule has 0 radical (unpaired) electrons. The highest BCUT2D eigenvalue weighted by atomic mass is 32.2. The SMILES string of the molecule is CC(N)C1CCCCN1C(=O)CCNS(=O)(=O)c1ccccc1. The Morgan fingerprint density at radius 3 is 2.70 bits per heavy atom. The third-order valence-corrected chi connectivity index (χ3v) is 5.64. The number of nitrogens with two attached hydrogens (primary N) is 1. The zero-order chi connectivity index (χ0) is 16.9. The summed E-state index contributed by atoms with van der Waals surface area (Å²) < 4.78 is 26.7. The first kappa shape index (κ1) is 17.9. The summed E-state index contributed by atoms with van der Waals surface area (Å²) >= 11 is 0. The van der Waals surface area contributed by atoms with E-state index in [0.29, 0.717) is 6.54 Å². The van der Waals surface area contributed by atoms with Gasteiger partial charge in [-0.05, 0) is 38.3 Å². The zero-order valence-corrected chi connectivity index (χ0v) is 14.3. The van der Waals surface area contributed by atoms with Crippen LogP contribution in [0.4, 0.5) is 0 Å². The maximum atomic E-state index is 12.4. The maximum Gasteiger partial charge on any atom is 0.240 e. The van der Waals surface area contributed by atoms with E-state index in [2.05, 4.69) is 4.72 Å². The van der Waals surface area contributed by atoms with Crippen LogP contribution in [0.15, 0.2) is 35.2 Å². The Labute approximate surface area is 138 Å². The third kappa shape index (κ3) is 4.76. The summed E-state index contributed by atoms with van der Waals surface area (Å²) in [7, 11) is -3.56. The first-order chi connectivity index (χ1) is 10.9. The molecule has 1 aromatic rings. The fourth-order valence-corrected chi connectivity index (χ4v) is 3.99. The van der Waals surface area contributed by atoms with Crippen LogP contribution < -0.4 is 10.5 Å². The quantitative estimate of drug-likeness (QED) is 0.811. The van der Waals surface area contributed by atoms with Gasteiger partial charge in [0.25, 0.3) is 0 Å². The fourth-order valence-electron chi connectivity index (χ4n) is 2.93. The van der Waals surface area contributed by atoms with E-state index in [0.717, 1.165) is 19.3 Å². The van der Waals surface area contributed by atoms with Crippen molar-refractivity contribution in [2.45, 2.75) is 49.6 Å². The largest absolute Gasteiger partial charge is 0.338 e. The highest BCUT2D eigenvalue weighted by Crippen LogP contribution is 2.19. The second-order valence-electron chi connectivity index (χ2n) is 5.97. The Kier molecular flexibility index (Phi) is 6.15. The lowest BCUT2D eigenvalue weighted by atomic mass is 9.96. The van der Waals surface area contributed by atoms with Gasteiger partial charge in [-0.2, -0.15) is 0 Å². The molecule has 2 rings (SSSR count). The van der Waals surface area contributed by atoms with Gasteiger partial charge in [-0.15, -0.1) is 0 Å². The molecule has 6 nitrogen and oxygen atoms in total. The van der Waals surface area contributed by atoms with Gasteiger partial charge in [0.15, 0.2) is 0 Å². The van der Waals surface area contributed by atoms with E-state index in [-0.39, 0.29) is 35.9 Å². The van der Waals surface area contributed by atoms with Crippen LogP contribution in [0.2, 0.25) is 0 Å². The lowest BCUT2D eigenvalue weighted by Gasteiger charge is -2.38. The van der Waals surface area contributed by atoms with Gasteiger partial charge in [-0.1, -0.05) is 18.2 Å². The van der Waals surface area contributed by atoms with Gasteiger partial charge >= 0.3 is 0 Å². The highest BCUT2D eigenvalue weighted by Gasteiger charge is 2.28. The smallest absolute Gasteiger partial charge is 0.240 e. The van der Waals surface area contributed by atoms with Crippen LogP contribution in [0, 0.1) is 0 Å². The van der Waals surface area contributed by atoms with Crippen LogP contribution in [0.1, 0.15) is 32.6 Å². The van der Waals surface area contributed by atoms with Gasteiger partial charge in [0.1, 0.15) is 0 Å². The van der Waals surface area contributed by atoms with E-state index in [1.54, 1.807) is 18.2 Å². The van der Waals surface area contributed by atoms with Crippen molar-refractivity contribution in [2.24, 2.45) is 5.73 Å². The molecule has 2 atom stereocenters. The van der Waals surface area contributed by atoms with Crippen molar-refractivity contribution in [1.29, 1.82) is 0 Å². The summed E-state index contributed by atoms with van der Waals surface area (Å²) in [6.07, 6.45) is 3.12. The molecule has 0 bridgehead atoms. The third-order valence-electron chi connectivity index (χ3n) is 4.16. The number of benzene rings is 1. The molecule has 1 heterocycles. The number of carbonyl (C=O) groups excluding carboxylic acids is 1. The summed E-state index contributed by atoms with van der Waals surface area (Å²) in [5.74, 6) is -0.0391. The van der Waals surface area contributed by atoms with Gasteiger partial charge in [-0.3, -0.25) is 4.79 Å². The lowest BCUT2D eigenvalue weighted by Crippen LogP contribution is -2.52. The van der Waals surface area contributed by atoms with Crippen molar-refractivity contribution in [1.82, 2.24) is 9.62 Å². The summed E-state index contributed by atoms with van der Waals surface area (Å²) in [5.41, 5.74) is 5.96. The molecule has 0 saturated carbocycles. The molecule has 7 heteroatoms. The number of hydrogen-bond donors (Lipinski definition) is 2. The van der Waals surface area contributed by atoms with Crippen LogP contribution >= 0.6 is 0 Å². The van der Waals surface area contributed by atoms with Gasteiger partial charge in [-0.25, -0.2) is 13.1 Å². The molecule has 1 aromatic carbocycles. The normalized spacial score (nSPS) is 20.3. The summed E-state index contributed by atoms with van der Waals surface area (Å²) in [4.78, 5) is 14.4. The number of nitrogens with zero attached hydrogens (tertiary/aromatic N) is 1. The average molecular weight is 339 g/mol. The summed E-state index contributed by atoms with van der Waals surface area (Å²) in [5, 5.41) is 0. The topological polar surface area (TPSA) is 92.5 Å². The van der Waals surface area contributed by atoms with Crippen molar-refractivity contribution in [3.63, 3.8) is 0 Å². The predicted molar refractivity (Wildman–Crippen MR) is 89.2 cm³/mol. The molecule has 1 fully saturated rings. The van der Waals surface area contributed by atoms with Crippen LogP contribution in [0.5, 0.6) is 0 Å². The van der Waals surface area contributed by atoms with Gasteiger partial charge in [0, 0.05) is 31.6 Å². The van der Waals surface area contributed by atoms with Crippen LogP contribution in [0.25, 0.3) is 0 Å². The molecular formula is C16H25N3O3S. The van der Waals surface area contributed by atoms with E-state index in [1.807, 2.05) is 11.8 Å². The van der Waals surface area contributed by atoms with Gasteiger partial charge < -0.3 is 10.6 Å². The Bertz CT molecular complexity index is 617. The average Bonchev–Trinajstić information content (AvgIpc) is 2.55. The predicted octanol–water partition coefficient (Wildman–Crippen LogP) is 1.08. The Morgan fingerprint density at radius 1 is 1.35 bits per heavy atom. The number of sulfonamides is 1. The van der Waals surface area contributed by atoms with E-state index < -0.39 is 10.0 Å². The number of nitrogens with one attached hydrogen (secondary N) is 1. The van der Waals surface area contributed by atoms with Crippen LogP contribution in [-0.4, -0.2) is 44.4 Å². The molecule has 128 valence electrons. The molecule has 0 spiro atoms. The summed E-state index contributed by atoms with van der Waals surface area (Å²) in [6, 6.07) is 8.14. The van der Waals surface area contributed by atoms with Crippen molar-refractivity contribution in [3.8, 4) is 0 Å². The molecule has 1 saturated heterocycles. The molecule has 2 unspecified atom stereocenters. The van der Waals surface area contributed by atoms with Crippen molar-refractivity contribution in [2.75, 3.05) is 13.1 Å². The van der Waals surface area contributed by atoms with Gasteiger partial charge in [0.05, 0.1) is 4.90 Å². The van der Waals surface area contributed by atoms with E-state index in [9.17, 15) is 13.2 Å². The standard InChI is InChI=1S/C16H25N3O3S/c1-13(17)15-9-5-6-12-19(15)16(20)10-11-18-23(21,22)14-7-3-2-4-8-14/h2-4,7-8,13,15,18H,5-6,9-12,17H2,1H3. The van der Waals surface area contributed by atoms with Crippen molar-refractivity contribution in [3.05, 3.63) is 30.3 Å². The highest BCUT2D eigenvalue weighted by molar-refractivity contribution is 7.89. The first-order valence-corrected chi connectivity index (χ1v) is 9.50. The molecular weight excluding hydrogens is 314 g/mol. The molecule has 23 heavy (non-hydrogen) atoms. The maximum absolute atomic E-state index is 12.4. The molecule has 1 amide bonds.